The second-order valence-corrected chi connectivity index (χ2v) is 7.48. The molecule has 0 saturated carbocycles. The van der Waals surface area contributed by atoms with E-state index in [0.29, 0.717) is 24.1 Å². The zero-order valence-corrected chi connectivity index (χ0v) is 17.0. The maximum absolute atomic E-state index is 13.4. The van der Waals surface area contributed by atoms with Gasteiger partial charge in [-0.1, -0.05) is 19.1 Å². The minimum Gasteiger partial charge on any atom is -0.383 e. The van der Waals surface area contributed by atoms with Gasteiger partial charge in [-0.2, -0.15) is 0 Å². The molecule has 0 amide bonds. The molecule has 2 heterocycles. The molecule has 2 aromatic rings. The number of hydrogen-bond acceptors (Lipinski definition) is 6. The number of hydrogen-bond donors (Lipinski definition) is 0. The monoisotopic (exact) mass is 394 g/mol. The standard InChI is InChI=1S/C21H22N4O2S/c1-4-14-5-7-15(8-6-14)25-13-22-18-17(21(25)26)20-16(9-10-23-28-20)19(18)24(2)11-12-27-3/h5-10,13H,4,11-12H2,1-3H3. The van der Waals surface area contributed by atoms with E-state index in [1.165, 1.54) is 17.1 Å². The predicted molar refractivity (Wildman–Crippen MR) is 114 cm³/mol. The molecule has 0 unspecified atom stereocenters. The molecule has 0 bridgehead atoms. The van der Waals surface area contributed by atoms with E-state index >= 15 is 0 Å². The SMILES string of the molecule is CCc1ccc(-n2cnc3c(N(C)CCOC)c4ccnsc-4c3c2=O)cc1. The second-order valence-electron chi connectivity index (χ2n) is 6.68. The van der Waals surface area contributed by atoms with Gasteiger partial charge in [-0.05, 0) is 41.7 Å². The first-order chi connectivity index (χ1) is 13.7. The van der Waals surface area contributed by atoms with Crippen molar-refractivity contribution in [2.24, 2.45) is 0 Å². The summed E-state index contributed by atoms with van der Waals surface area (Å²) in [5.41, 5.74) is 4.63. The van der Waals surface area contributed by atoms with E-state index in [2.05, 4.69) is 21.2 Å². The molecule has 1 aliphatic carbocycles. The van der Waals surface area contributed by atoms with Crippen molar-refractivity contribution >= 4 is 28.1 Å². The van der Waals surface area contributed by atoms with E-state index in [9.17, 15) is 4.79 Å². The van der Waals surface area contributed by atoms with E-state index in [4.69, 9.17) is 4.74 Å². The highest BCUT2D eigenvalue weighted by molar-refractivity contribution is 7.10. The van der Waals surface area contributed by atoms with E-state index < -0.39 is 0 Å². The van der Waals surface area contributed by atoms with Crippen molar-refractivity contribution in [3.8, 4) is 16.1 Å². The largest absolute Gasteiger partial charge is 0.383 e. The minimum absolute atomic E-state index is 0.0742. The fraction of sp³-hybridized carbons (Fsp3) is 0.286. The van der Waals surface area contributed by atoms with Crippen molar-refractivity contribution in [1.29, 1.82) is 0 Å². The quantitative estimate of drug-likeness (QED) is 0.500. The highest BCUT2D eigenvalue weighted by atomic mass is 32.1. The van der Waals surface area contributed by atoms with Crippen LogP contribution in [0.4, 0.5) is 5.69 Å². The summed E-state index contributed by atoms with van der Waals surface area (Å²) in [4.78, 5) is 21.1. The molecule has 1 aromatic heterocycles. The smallest absolute Gasteiger partial charge is 0.267 e. The first-order valence-electron chi connectivity index (χ1n) is 9.22. The molecule has 1 aliphatic heterocycles. The number of aryl methyl sites for hydroxylation is 1. The average Bonchev–Trinajstić information content (AvgIpc) is 3.07. The Morgan fingerprint density at radius 3 is 2.71 bits per heavy atom. The zero-order chi connectivity index (χ0) is 19.7. The van der Waals surface area contributed by atoms with Crippen molar-refractivity contribution in [2.75, 3.05) is 32.2 Å². The third-order valence-corrected chi connectivity index (χ3v) is 5.84. The number of likely N-dealkylation sites (N-methyl/N-ethyl adjacent to an activating group) is 1. The lowest BCUT2D eigenvalue weighted by molar-refractivity contribution is 0.206. The molecule has 0 spiro atoms. The Morgan fingerprint density at radius 2 is 2.00 bits per heavy atom. The summed E-state index contributed by atoms with van der Waals surface area (Å²) in [6.07, 6.45) is 4.35. The van der Waals surface area contributed by atoms with Gasteiger partial charge >= 0.3 is 0 Å². The summed E-state index contributed by atoms with van der Waals surface area (Å²) in [6, 6.07) is 9.97. The summed E-state index contributed by atoms with van der Waals surface area (Å²) in [7, 11) is 3.68. The Hall–Kier alpha value is -2.77. The van der Waals surface area contributed by atoms with Crippen LogP contribution in [0, 0.1) is 0 Å². The molecular formula is C21H22N4O2S. The number of benzene rings is 1. The molecule has 2 aliphatic rings. The Bertz CT molecular complexity index is 1130. The van der Waals surface area contributed by atoms with Crippen LogP contribution < -0.4 is 10.5 Å². The summed E-state index contributed by atoms with van der Waals surface area (Å²) in [5.74, 6) is 0. The van der Waals surface area contributed by atoms with Crippen molar-refractivity contribution in [2.45, 2.75) is 13.3 Å². The minimum atomic E-state index is -0.0742. The van der Waals surface area contributed by atoms with Crippen molar-refractivity contribution in [3.05, 3.63) is 58.8 Å². The number of ether oxygens (including phenoxy) is 1. The molecule has 4 rings (SSSR count). The third-order valence-electron chi connectivity index (χ3n) is 5.00. The lowest BCUT2D eigenvalue weighted by Crippen LogP contribution is -2.23. The lowest BCUT2D eigenvalue weighted by Gasteiger charge is -2.19. The zero-order valence-electron chi connectivity index (χ0n) is 16.2. The van der Waals surface area contributed by atoms with Gasteiger partial charge in [0.2, 0.25) is 0 Å². The topological polar surface area (TPSA) is 60.3 Å². The first kappa shape index (κ1) is 18.6. The molecule has 0 saturated heterocycles. The van der Waals surface area contributed by atoms with Gasteiger partial charge in [-0.25, -0.2) is 9.36 Å². The van der Waals surface area contributed by atoms with Gasteiger partial charge < -0.3 is 9.64 Å². The van der Waals surface area contributed by atoms with Crippen molar-refractivity contribution in [1.82, 2.24) is 13.9 Å². The predicted octanol–water partition coefficient (Wildman–Crippen LogP) is 3.59. The van der Waals surface area contributed by atoms with Crippen LogP contribution in [-0.4, -0.2) is 41.2 Å². The summed E-state index contributed by atoms with van der Waals surface area (Å²) >= 11 is 1.33. The molecular weight excluding hydrogens is 372 g/mol. The lowest BCUT2D eigenvalue weighted by atomic mass is 10.1. The number of nitrogens with zero attached hydrogens (tertiary/aromatic N) is 4. The summed E-state index contributed by atoms with van der Waals surface area (Å²) in [5, 5.41) is 0.620. The van der Waals surface area contributed by atoms with Gasteiger partial charge in [0, 0.05) is 32.5 Å². The maximum Gasteiger partial charge on any atom is 0.267 e. The van der Waals surface area contributed by atoms with Gasteiger partial charge in [0.05, 0.1) is 28.2 Å². The molecule has 0 N–H and O–H groups in total. The van der Waals surface area contributed by atoms with E-state index in [1.54, 1.807) is 24.2 Å². The van der Waals surface area contributed by atoms with E-state index in [1.807, 2.05) is 37.4 Å². The van der Waals surface area contributed by atoms with Crippen LogP contribution in [0.5, 0.6) is 0 Å². The average molecular weight is 395 g/mol. The molecule has 7 heteroatoms. The van der Waals surface area contributed by atoms with Crippen LogP contribution >= 0.6 is 11.5 Å². The molecule has 0 atom stereocenters. The molecule has 1 aromatic carbocycles. The number of rotatable bonds is 6. The Kier molecular flexibility index (Phi) is 5.11. The fourth-order valence-corrected chi connectivity index (χ4v) is 4.21. The first-order valence-corrected chi connectivity index (χ1v) is 10.00. The number of anilines is 1. The highest BCUT2D eigenvalue weighted by Gasteiger charge is 2.25. The van der Waals surface area contributed by atoms with E-state index in [0.717, 1.165) is 28.2 Å². The van der Waals surface area contributed by atoms with Crippen LogP contribution in [0.2, 0.25) is 0 Å². The fourth-order valence-electron chi connectivity index (χ4n) is 3.45. The summed E-state index contributed by atoms with van der Waals surface area (Å²) in [6.45, 7) is 3.42. The second kappa shape index (κ2) is 7.69. The molecule has 144 valence electrons. The Morgan fingerprint density at radius 1 is 1.21 bits per heavy atom. The molecule has 0 radical (unpaired) electrons. The number of fused-ring (bicyclic) bond motifs is 3. The van der Waals surface area contributed by atoms with Crippen LogP contribution in [-0.2, 0) is 11.2 Å². The van der Waals surface area contributed by atoms with Gasteiger partial charge in [-0.3, -0.25) is 9.36 Å². The summed E-state index contributed by atoms with van der Waals surface area (Å²) < 4.78 is 11.1. The Balaban J connectivity index is 1.93. The van der Waals surface area contributed by atoms with Gasteiger partial charge in [-0.15, -0.1) is 0 Å². The normalized spacial score (nSPS) is 11.4. The third kappa shape index (κ3) is 3.06. The van der Waals surface area contributed by atoms with Crippen molar-refractivity contribution in [3.63, 3.8) is 0 Å². The number of aromatic nitrogens is 3. The van der Waals surface area contributed by atoms with Crippen LogP contribution in [0.1, 0.15) is 12.5 Å². The van der Waals surface area contributed by atoms with Crippen LogP contribution in [0.3, 0.4) is 0 Å². The number of methoxy groups -OCH3 is 1. The van der Waals surface area contributed by atoms with Gasteiger partial charge in [0.25, 0.3) is 5.56 Å². The molecule has 28 heavy (non-hydrogen) atoms. The molecule has 6 nitrogen and oxygen atoms in total. The van der Waals surface area contributed by atoms with E-state index in [-0.39, 0.29) is 5.56 Å². The van der Waals surface area contributed by atoms with Crippen LogP contribution in [0.15, 0.2) is 47.7 Å². The van der Waals surface area contributed by atoms with Crippen molar-refractivity contribution < 1.29 is 4.74 Å². The Labute approximate surface area is 167 Å². The van der Waals surface area contributed by atoms with Gasteiger partial charge in [0.15, 0.2) is 0 Å². The molecule has 0 fully saturated rings. The highest BCUT2D eigenvalue weighted by Crippen LogP contribution is 2.43. The maximum atomic E-state index is 13.4. The van der Waals surface area contributed by atoms with Gasteiger partial charge in [0.1, 0.15) is 11.8 Å². The van der Waals surface area contributed by atoms with Crippen LogP contribution in [0.25, 0.3) is 27.0 Å².